The molecule has 0 amide bonds. The van der Waals surface area contributed by atoms with Gasteiger partial charge in [0.25, 0.3) is 0 Å². The van der Waals surface area contributed by atoms with Crippen molar-refractivity contribution >= 4 is 0 Å². The highest BCUT2D eigenvalue weighted by molar-refractivity contribution is 4.93. The molecule has 1 heterocycles. The van der Waals surface area contributed by atoms with Gasteiger partial charge in [0.2, 0.25) is 0 Å². The summed E-state index contributed by atoms with van der Waals surface area (Å²) in [5, 5.41) is 3.64. The molecule has 1 fully saturated rings. The molecule has 0 aliphatic heterocycles. The van der Waals surface area contributed by atoms with E-state index in [1.54, 1.807) is 6.33 Å². The van der Waals surface area contributed by atoms with Crippen molar-refractivity contribution in [2.45, 2.75) is 58.0 Å². The molecule has 2 atom stereocenters. The maximum absolute atomic E-state index is 4.03. The standard InChI is InChI=1S/C13H23N3/c1-2-11-4-3-5-12(7-6-11)15-9-13-8-14-10-16-13/h8,10-12,15H,2-7,9H2,1H3,(H,14,16). The molecule has 1 saturated carbocycles. The number of rotatable bonds is 4. The van der Waals surface area contributed by atoms with Crippen molar-refractivity contribution in [3.8, 4) is 0 Å². The van der Waals surface area contributed by atoms with Gasteiger partial charge in [-0.1, -0.05) is 26.2 Å². The van der Waals surface area contributed by atoms with Crippen molar-refractivity contribution in [3.63, 3.8) is 0 Å². The summed E-state index contributed by atoms with van der Waals surface area (Å²) in [7, 11) is 0. The number of hydrogen-bond donors (Lipinski definition) is 2. The Morgan fingerprint density at radius 1 is 1.38 bits per heavy atom. The normalized spacial score (nSPS) is 26.6. The molecule has 1 aliphatic carbocycles. The van der Waals surface area contributed by atoms with Gasteiger partial charge < -0.3 is 10.3 Å². The van der Waals surface area contributed by atoms with Gasteiger partial charge in [0.15, 0.2) is 0 Å². The van der Waals surface area contributed by atoms with Gasteiger partial charge in [-0.05, 0) is 25.2 Å². The van der Waals surface area contributed by atoms with E-state index in [9.17, 15) is 0 Å². The molecule has 1 aliphatic rings. The van der Waals surface area contributed by atoms with Gasteiger partial charge in [-0.15, -0.1) is 0 Å². The quantitative estimate of drug-likeness (QED) is 0.768. The van der Waals surface area contributed by atoms with E-state index in [2.05, 4.69) is 22.2 Å². The van der Waals surface area contributed by atoms with Crippen LogP contribution >= 0.6 is 0 Å². The van der Waals surface area contributed by atoms with Gasteiger partial charge in [-0.3, -0.25) is 0 Å². The molecule has 16 heavy (non-hydrogen) atoms. The van der Waals surface area contributed by atoms with E-state index in [0.717, 1.165) is 12.5 Å². The van der Waals surface area contributed by atoms with Gasteiger partial charge in [0.05, 0.1) is 6.33 Å². The molecular formula is C13H23N3. The maximum Gasteiger partial charge on any atom is 0.0922 e. The van der Waals surface area contributed by atoms with E-state index in [-0.39, 0.29) is 0 Å². The van der Waals surface area contributed by atoms with Gasteiger partial charge in [-0.2, -0.15) is 0 Å². The predicted octanol–water partition coefficient (Wildman–Crippen LogP) is 2.86. The first kappa shape index (κ1) is 11.6. The molecular weight excluding hydrogens is 198 g/mol. The fourth-order valence-corrected chi connectivity index (χ4v) is 2.63. The number of aromatic amines is 1. The minimum atomic E-state index is 0.708. The van der Waals surface area contributed by atoms with Crippen molar-refractivity contribution < 1.29 is 0 Å². The zero-order valence-electron chi connectivity index (χ0n) is 10.2. The fraction of sp³-hybridized carbons (Fsp3) is 0.769. The van der Waals surface area contributed by atoms with Gasteiger partial charge in [0.1, 0.15) is 0 Å². The van der Waals surface area contributed by atoms with Crippen LogP contribution in [0.5, 0.6) is 0 Å². The Morgan fingerprint density at radius 2 is 2.31 bits per heavy atom. The van der Waals surface area contributed by atoms with Gasteiger partial charge in [-0.25, -0.2) is 4.98 Å². The molecule has 0 spiro atoms. The Balaban J connectivity index is 1.73. The fourth-order valence-electron chi connectivity index (χ4n) is 2.63. The van der Waals surface area contributed by atoms with Crippen LogP contribution in [0.1, 0.15) is 51.1 Å². The largest absolute Gasteiger partial charge is 0.347 e. The first-order valence-corrected chi connectivity index (χ1v) is 6.59. The predicted molar refractivity (Wildman–Crippen MR) is 66.1 cm³/mol. The summed E-state index contributed by atoms with van der Waals surface area (Å²) in [5.74, 6) is 0.971. The zero-order chi connectivity index (χ0) is 11.2. The minimum Gasteiger partial charge on any atom is -0.347 e. The second-order valence-electron chi connectivity index (χ2n) is 4.94. The number of aromatic nitrogens is 2. The smallest absolute Gasteiger partial charge is 0.0922 e. The maximum atomic E-state index is 4.03. The summed E-state index contributed by atoms with van der Waals surface area (Å²) in [4.78, 5) is 7.17. The first-order chi connectivity index (χ1) is 7.88. The molecule has 2 unspecified atom stereocenters. The third-order valence-corrected chi connectivity index (χ3v) is 3.80. The van der Waals surface area contributed by atoms with Crippen LogP contribution in [0.4, 0.5) is 0 Å². The average Bonchev–Trinajstić information content (AvgIpc) is 2.72. The molecule has 0 aromatic carbocycles. The highest BCUT2D eigenvalue weighted by atomic mass is 15.0. The number of imidazole rings is 1. The van der Waals surface area contributed by atoms with E-state index in [0.29, 0.717) is 6.04 Å². The topological polar surface area (TPSA) is 40.7 Å². The molecule has 1 aromatic rings. The number of H-pyrrole nitrogens is 1. The van der Waals surface area contributed by atoms with Crippen LogP contribution in [-0.2, 0) is 6.54 Å². The Hall–Kier alpha value is -0.830. The summed E-state index contributed by atoms with van der Waals surface area (Å²) in [6.45, 7) is 3.25. The molecule has 2 rings (SSSR count). The van der Waals surface area contributed by atoms with E-state index in [4.69, 9.17) is 0 Å². The SMILES string of the molecule is CCC1CCCC(NCc2cnc[nH]2)CC1. The van der Waals surface area contributed by atoms with E-state index < -0.39 is 0 Å². The lowest BCUT2D eigenvalue weighted by Crippen LogP contribution is -2.28. The molecule has 2 N–H and O–H groups in total. The molecule has 1 aromatic heterocycles. The van der Waals surface area contributed by atoms with Crippen molar-refractivity contribution in [2.75, 3.05) is 0 Å². The zero-order valence-corrected chi connectivity index (χ0v) is 10.2. The Labute approximate surface area is 98.1 Å². The monoisotopic (exact) mass is 221 g/mol. The van der Waals surface area contributed by atoms with Gasteiger partial charge >= 0.3 is 0 Å². The second-order valence-corrected chi connectivity index (χ2v) is 4.94. The number of nitrogens with one attached hydrogen (secondary N) is 2. The van der Waals surface area contributed by atoms with Crippen LogP contribution in [0.3, 0.4) is 0 Å². The van der Waals surface area contributed by atoms with Crippen molar-refractivity contribution in [1.29, 1.82) is 0 Å². The van der Waals surface area contributed by atoms with E-state index in [1.165, 1.54) is 44.2 Å². The van der Waals surface area contributed by atoms with E-state index >= 15 is 0 Å². The molecule has 3 nitrogen and oxygen atoms in total. The summed E-state index contributed by atoms with van der Waals surface area (Å²) in [5.41, 5.74) is 1.19. The van der Waals surface area contributed by atoms with Crippen LogP contribution in [0.2, 0.25) is 0 Å². The van der Waals surface area contributed by atoms with Crippen molar-refractivity contribution in [3.05, 3.63) is 18.2 Å². The van der Waals surface area contributed by atoms with Crippen LogP contribution in [0.25, 0.3) is 0 Å². The lowest BCUT2D eigenvalue weighted by Gasteiger charge is -2.15. The second kappa shape index (κ2) is 6.04. The molecule has 0 bridgehead atoms. The summed E-state index contributed by atoms with van der Waals surface area (Å²) < 4.78 is 0. The van der Waals surface area contributed by atoms with Gasteiger partial charge in [0, 0.05) is 24.5 Å². The van der Waals surface area contributed by atoms with E-state index in [1.807, 2.05) is 6.20 Å². The number of hydrogen-bond acceptors (Lipinski definition) is 2. The summed E-state index contributed by atoms with van der Waals surface area (Å²) in [6, 6.07) is 0.708. The highest BCUT2D eigenvalue weighted by Crippen LogP contribution is 2.25. The Bertz CT molecular complexity index is 281. The molecule has 0 radical (unpaired) electrons. The molecule has 0 saturated heterocycles. The van der Waals surface area contributed by atoms with Crippen LogP contribution < -0.4 is 5.32 Å². The van der Waals surface area contributed by atoms with Crippen molar-refractivity contribution in [2.24, 2.45) is 5.92 Å². The Kier molecular flexibility index (Phi) is 4.40. The lowest BCUT2D eigenvalue weighted by atomic mass is 9.98. The summed E-state index contributed by atoms with van der Waals surface area (Å²) >= 11 is 0. The third kappa shape index (κ3) is 3.34. The van der Waals surface area contributed by atoms with Crippen molar-refractivity contribution in [1.82, 2.24) is 15.3 Å². The molecule has 3 heteroatoms. The number of nitrogens with zero attached hydrogens (tertiary/aromatic N) is 1. The van der Waals surface area contributed by atoms with Crippen LogP contribution in [0, 0.1) is 5.92 Å². The molecule has 90 valence electrons. The summed E-state index contributed by atoms with van der Waals surface area (Å²) in [6.07, 6.45) is 11.9. The minimum absolute atomic E-state index is 0.708. The highest BCUT2D eigenvalue weighted by Gasteiger charge is 2.17. The van der Waals surface area contributed by atoms with Crippen LogP contribution in [-0.4, -0.2) is 16.0 Å². The third-order valence-electron chi connectivity index (χ3n) is 3.80. The lowest BCUT2D eigenvalue weighted by molar-refractivity contribution is 0.424. The first-order valence-electron chi connectivity index (χ1n) is 6.59. The van der Waals surface area contributed by atoms with Crippen LogP contribution in [0.15, 0.2) is 12.5 Å². The Morgan fingerprint density at radius 3 is 3.06 bits per heavy atom. The average molecular weight is 221 g/mol.